The summed E-state index contributed by atoms with van der Waals surface area (Å²) < 4.78 is 5.13. The fourth-order valence-corrected chi connectivity index (χ4v) is 4.02. The van der Waals surface area contributed by atoms with Gasteiger partial charge in [0.25, 0.3) is 0 Å². The Morgan fingerprint density at radius 2 is 2.09 bits per heavy atom. The summed E-state index contributed by atoms with van der Waals surface area (Å²) >= 11 is 0. The number of amides is 1. The van der Waals surface area contributed by atoms with E-state index in [9.17, 15) is 4.79 Å². The molecular weight excluding hydrogens is 276 g/mol. The van der Waals surface area contributed by atoms with E-state index in [1.807, 2.05) is 11.0 Å². The van der Waals surface area contributed by atoms with Crippen molar-refractivity contribution in [2.75, 3.05) is 39.9 Å². The van der Waals surface area contributed by atoms with Crippen LogP contribution in [0.25, 0.3) is 0 Å². The van der Waals surface area contributed by atoms with Crippen LogP contribution < -0.4 is 0 Å². The van der Waals surface area contributed by atoms with Gasteiger partial charge in [-0.1, -0.05) is 37.3 Å². The van der Waals surface area contributed by atoms with Crippen LogP contribution in [0.15, 0.2) is 30.3 Å². The zero-order chi connectivity index (χ0) is 15.6. The second-order valence-corrected chi connectivity index (χ2v) is 6.75. The Hall–Kier alpha value is -1.39. The molecule has 22 heavy (non-hydrogen) atoms. The molecule has 2 saturated heterocycles. The Kier molecular flexibility index (Phi) is 4.50. The van der Waals surface area contributed by atoms with Gasteiger partial charge in [-0.05, 0) is 17.9 Å². The summed E-state index contributed by atoms with van der Waals surface area (Å²) in [4.78, 5) is 17.3. The monoisotopic (exact) mass is 302 g/mol. The van der Waals surface area contributed by atoms with Crippen LogP contribution in [0, 0.1) is 11.3 Å². The number of methoxy groups -OCH3 is 1. The van der Waals surface area contributed by atoms with Crippen molar-refractivity contribution < 1.29 is 9.53 Å². The smallest absolute Gasteiger partial charge is 0.230 e. The van der Waals surface area contributed by atoms with Crippen molar-refractivity contribution in [1.29, 1.82) is 0 Å². The number of likely N-dealkylation sites (tertiary alicyclic amines) is 2. The van der Waals surface area contributed by atoms with Gasteiger partial charge in [0.15, 0.2) is 0 Å². The number of ether oxygens (including phenoxy) is 1. The van der Waals surface area contributed by atoms with E-state index in [2.05, 4.69) is 36.1 Å². The van der Waals surface area contributed by atoms with Crippen molar-refractivity contribution >= 4 is 5.91 Å². The van der Waals surface area contributed by atoms with Gasteiger partial charge in [-0.25, -0.2) is 0 Å². The topological polar surface area (TPSA) is 32.8 Å². The molecule has 4 heteroatoms. The first kappa shape index (κ1) is 15.5. The highest BCUT2D eigenvalue weighted by Gasteiger charge is 2.54. The molecule has 0 aromatic heterocycles. The summed E-state index contributed by atoms with van der Waals surface area (Å²) in [5, 5.41) is 0. The van der Waals surface area contributed by atoms with Gasteiger partial charge in [0, 0.05) is 39.8 Å². The Morgan fingerprint density at radius 1 is 1.32 bits per heavy atom. The van der Waals surface area contributed by atoms with Crippen LogP contribution in [-0.2, 0) is 16.1 Å². The molecule has 0 bridgehead atoms. The summed E-state index contributed by atoms with van der Waals surface area (Å²) in [5.74, 6) is 0.767. The quantitative estimate of drug-likeness (QED) is 0.834. The Morgan fingerprint density at radius 3 is 2.82 bits per heavy atom. The second kappa shape index (κ2) is 6.39. The van der Waals surface area contributed by atoms with E-state index in [1.54, 1.807) is 7.11 Å². The van der Waals surface area contributed by atoms with E-state index in [0.717, 1.165) is 39.1 Å². The van der Waals surface area contributed by atoms with E-state index in [1.165, 1.54) is 5.56 Å². The Balaban J connectivity index is 1.67. The minimum Gasteiger partial charge on any atom is -0.383 e. The summed E-state index contributed by atoms with van der Waals surface area (Å²) in [6, 6.07) is 10.5. The molecule has 1 aromatic carbocycles. The number of nitrogens with zero attached hydrogens (tertiary/aromatic N) is 2. The first-order valence-electron chi connectivity index (χ1n) is 8.20. The molecule has 2 aliphatic rings. The summed E-state index contributed by atoms with van der Waals surface area (Å²) in [6.45, 7) is 7.32. The third-order valence-electron chi connectivity index (χ3n) is 5.34. The van der Waals surface area contributed by atoms with Crippen molar-refractivity contribution in [3.8, 4) is 0 Å². The number of hydrogen-bond acceptors (Lipinski definition) is 3. The van der Waals surface area contributed by atoms with Crippen LogP contribution >= 0.6 is 0 Å². The fraction of sp³-hybridized carbons (Fsp3) is 0.611. The molecule has 2 atom stereocenters. The number of carbonyl (C=O) groups is 1. The van der Waals surface area contributed by atoms with Crippen molar-refractivity contribution in [3.05, 3.63) is 35.9 Å². The maximum Gasteiger partial charge on any atom is 0.230 e. The zero-order valence-electron chi connectivity index (χ0n) is 13.6. The predicted octanol–water partition coefficient (Wildman–Crippen LogP) is 2.00. The highest BCUT2D eigenvalue weighted by Crippen LogP contribution is 2.44. The number of carbonyl (C=O) groups excluding carboxylic acids is 1. The molecule has 0 unspecified atom stereocenters. The van der Waals surface area contributed by atoms with Crippen LogP contribution in [0.1, 0.15) is 18.9 Å². The molecule has 1 amide bonds. The molecule has 2 heterocycles. The standard InChI is InChI=1S/C18H26N2O2/c1-15-12-19(13-16-6-4-3-5-7-16)14-18(15)8-9-20(17(18)21)10-11-22-2/h3-7,15H,8-14H2,1-2H3/t15-,18-/m0/s1. The minimum absolute atomic E-state index is 0.164. The highest BCUT2D eigenvalue weighted by atomic mass is 16.5. The van der Waals surface area contributed by atoms with E-state index in [4.69, 9.17) is 4.74 Å². The summed E-state index contributed by atoms with van der Waals surface area (Å²) in [5.41, 5.74) is 1.16. The van der Waals surface area contributed by atoms with Crippen LogP contribution in [0.5, 0.6) is 0 Å². The summed E-state index contributed by atoms with van der Waals surface area (Å²) in [6.07, 6.45) is 0.988. The third-order valence-corrected chi connectivity index (χ3v) is 5.34. The molecule has 0 aliphatic carbocycles. The lowest BCUT2D eigenvalue weighted by Crippen LogP contribution is -2.40. The van der Waals surface area contributed by atoms with Crippen molar-refractivity contribution in [2.45, 2.75) is 19.9 Å². The molecule has 0 N–H and O–H groups in total. The third kappa shape index (κ3) is 2.77. The van der Waals surface area contributed by atoms with Gasteiger partial charge in [0.1, 0.15) is 0 Å². The van der Waals surface area contributed by atoms with Gasteiger partial charge in [-0.15, -0.1) is 0 Å². The number of rotatable bonds is 5. The van der Waals surface area contributed by atoms with Crippen molar-refractivity contribution in [1.82, 2.24) is 9.80 Å². The molecule has 1 spiro atoms. The van der Waals surface area contributed by atoms with Crippen LogP contribution in [0.3, 0.4) is 0 Å². The lowest BCUT2D eigenvalue weighted by Gasteiger charge is -2.26. The van der Waals surface area contributed by atoms with Gasteiger partial charge >= 0.3 is 0 Å². The van der Waals surface area contributed by atoms with Gasteiger partial charge in [-0.3, -0.25) is 9.69 Å². The first-order valence-corrected chi connectivity index (χ1v) is 8.20. The molecule has 1 aromatic rings. The SMILES string of the molecule is COCCN1CC[C@@]2(CN(Cc3ccccc3)C[C@@H]2C)C1=O. The number of benzene rings is 1. The van der Waals surface area contributed by atoms with Gasteiger partial charge in [0.2, 0.25) is 5.91 Å². The maximum atomic E-state index is 12.9. The van der Waals surface area contributed by atoms with Crippen LogP contribution in [0.4, 0.5) is 0 Å². The van der Waals surface area contributed by atoms with E-state index < -0.39 is 0 Å². The lowest BCUT2D eigenvalue weighted by molar-refractivity contribution is -0.137. The molecule has 0 radical (unpaired) electrons. The zero-order valence-corrected chi connectivity index (χ0v) is 13.6. The van der Waals surface area contributed by atoms with Gasteiger partial charge in [-0.2, -0.15) is 0 Å². The average Bonchev–Trinajstić information content (AvgIpc) is 3.00. The van der Waals surface area contributed by atoms with Gasteiger partial charge in [0.05, 0.1) is 12.0 Å². The van der Waals surface area contributed by atoms with Crippen LogP contribution in [-0.4, -0.2) is 55.6 Å². The second-order valence-electron chi connectivity index (χ2n) is 6.75. The van der Waals surface area contributed by atoms with Crippen LogP contribution in [0.2, 0.25) is 0 Å². The Bertz CT molecular complexity index is 519. The van der Waals surface area contributed by atoms with E-state index in [-0.39, 0.29) is 5.41 Å². The molecule has 3 rings (SSSR count). The first-order chi connectivity index (χ1) is 10.7. The Labute approximate surface area is 133 Å². The molecular formula is C18H26N2O2. The highest BCUT2D eigenvalue weighted by molar-refractivity contribution is 5.86. The average molecular weight is 302 g/mol. The van der Waals surface area contributed by atoms with Crippen molar-refractivity contribution in [2.24, 2.45) is 11.3 Å². The summed E-state index contributed by atoms with van der Waals surface area (Å²) in [7, 11) is 1.69. The predicted molar refractivity (Wildman–Crippen MR) is 86.4 cm³/mol. The minimum atomic E-state index is -0.164. The van der Waals surface area contributed by atoms with Gasteiger partial charge < -0.3 is 9.64 Å². The van der Waals surface area contributed by atoms with E-state index in [0.29, 0.717) is 18.4 Å². The lowest BCUT2D eigenvalue weighted by atomic mass is 9.78. The molecule has 120 valence electrons. The van der Waals surface area contributed by atoms with Crippen molar-refractivity contribution in [3.63, 3.8) is 0 Å². The number of hydrogen-bond donors (Lipinski definition) is 0. The van der Waals surface area contributed by atoms with E-state index >= 15 is 0 Å². The molecule has 0 saturated carbocycles. The molecule has 2 aliphatic heterocycles. The largest absolute Gasteiger partial charge is 0.383 e. The maximum absolute atomic E-state index is 12.9. The normalized spacial score (nSPS) is 28.9. The molecule has 2 fully saturated rings. The fourth-order valence-electron chi connectivity index (χ4n) is 4.02. The molecule has 4 nitrogen and oxygen atoms in total.